The fraction of sp³-hybridized carbons (Fsp3) is 0.471. The lowest BCUT2D eigenvalue weighted by Crippen LogP contribution is -2.42. The van der Waals surface area contributed by atoms with E-state index in [9.17, 15) is 14.0 Å². The topological polar surface area (TPSA) is 85.2 Å². The van der Waals surface area contributed by atoms with Gasteiger partial charge < -0.3 is 15.5 Å². The van der Waals surface area contributed by atoms with Crippen molar-refractivity contribution in [2.75, 3.05) is 31.1 Å². The molecule has 6 nitrogen and oxygen atoms in total. The van der Waals surface area contributed by atoms with Gasteiger partial charge in [-0.2, -0.15) is 5.26 Å². The number of anilines is 1. The molecule has 1 saturated heterocycles. The van der Waals surface area contributed by atoms with Crippen LogP contribution in [0.1, 0.15) is 25.3 Å². The summed E-state index contributed by atoms with van der Waals surface area (Å²) in [5.74, 6) is -0.658. The van der Waals surface area contributed by atoms with Crippen molar-refractivity contribution in [1.29, 1.82) is 5.26 Å². The predicted octanol–water partition coefficient (Wildman–Crippen LogP) is 1.17. The van der Waals surface area contributed by atoms with E-state index in [2.05, 4.69) is 10.6 Å². The first-order valence-electron chi connectivity index (χ1n) is 7.98. The van der Waals surface area contributed by atoms with Gasteiger partial charge in [-0.05, 0) is 31.0 Å². The average Bonchev–Trinajstić information content (AvgIpc) is 2.58. The van der Waals surface area contributed by atoms with E-state index in [0.717, 1.165) is 0 Å². The van der Waals surface area contributed by atoms with E-state index in [-0.39, 0.29) is 17.7 Å². The molecule has 2 N–H and O–H groups in total. The Morgan fingerprint density at radius 1 is 1.29 bits per heavy atom. The molecule has 128 valence electrons. The van der Waals surface area contributed by atoms with Crippen LogP contribution >= 0.6 is 0 Å². The van der Waals surface area contributed by atoms with Gasteiger partial charge in [0.05, 0.1) is 17.3 Å². The lowest BCUT2D eigenvalue weighted by molar-refractivity contribution is -0.126. The number of piperidine rings is 1. The molecule has 1 aromatic rings. The molecule has 24 heavy (non-hydrogen) atoms. The van der Waals surface area contributed by atoms with Crippen molar-refractivity contribution in [1.82, 2.24) is 10.6 Å². The molecule has 1 aromatic carbocycles. The molecule has 1 aliphatic heterocycles. The third-order valence-corrected chi connectivity index (χ3v) is 4.08. The summed E-state index contributed by atoms with van der Waals surface area (Å²) in [6.45, 7) is 3.43. The summed E-state index contributed by atoms with van der Waals surface area (Å²) in [6.07, 6.45) is 1.29. The van der Waals surface area contributed by atoms with Gasteiger partial charge in [0.2, 0.25) is 11.8 Å². The first-order chi connectivity index (χ1) is 11.5. The highest BCUT2D eigenvalue weighted by Gasteiger charge is 2.26. The molecule has 0 spiro atoms. The van der Waals surface area contributed by atoms with Gasteiger partial charge in [-0.25, -0.2) is 4.39 Å². The minimum atomic E-state index is -0.410. The number of hydrogen-bond acceptors (Lipinski definition) is 4. The molecule has 0 unspecified atom stereocenters. The Balaban J connectivity index is 1.82. The van der Waals surface area contributed by atoms with E-state index in [4.69, 9.17) is 5.26 Å². The maximum Gasteiger partial charge on any atom is 0.223 e. The number of carbonyl (C=O) groups is 2. The molecular weight excluding hydrogens is 311 g/mol. The van der Waals surface area contributed by atoms with Crippen LogP contribution in [0.25, 0.3) is 0 Å². The largest absolute Gasteiger partial charge is 0.369 e. The van der Waals surface area contributed by atoms with Crippen molar-refractivity contribution in [3.63, 3.8) is 0 Å². The molecule has 7 heteroatoms. The molecule has 0 aliphatic carbocycles. The number of nitrogens with zero attached hydrogens (tertiary/aromatic N) is 2. The second-order valence-electron chi connectivity index (χ2n) is 5.81. The second kappa shape index (κ2) is 8.29. The molecule has 0 radical (unpaired) electrons. The van der Waals surface area contributed by atoms with Gasteiger partial charge in [-0.15, -0.1) is 0 Å². The average molecular weight is 332 g/mol. The minimum Gasteiger partial charge on any atom is -0.369 e. The van der Waals surface area contributed by atoms with Crippen LogP contribution in [0.2, 0.25) is 0 Å². The summed E-state index contributed by atoms with van der Waals surface area (Å²) in [6, 6.07) is 6.36. The molecule has 0 aromatic heterocycles. The summed E-state index contributed by atoms with van der Waals surface area (Å²) in [4.78, 5) is 24.7. The van der Waals surface area contributed by atoms with E-state index in [1.165, 1.54) is 13.0 Å². The van der Waals surface area contributed by atoms with Crippen molar-refractivity contribution >= 4 is 17.5 Å². The zero-order valence-electron chi connectivity index (χ0n) is 13.6. The Labute approximate surface area is 140 Å². The van der Waals surface area contributed by atoms with Crippen LogP contribution in [0.5, 0.6) is 0 Å². The SMILES string of the molecule is CC(=O)NCCNC(=O)C1CCN(c2ccc(C#N)cc2F)CC1. The van der Waals surface area contributed by atoms with Crippen molar-refractivity contribution in [2.45, 2.75) is 19.8 Å². The van der Waals surface area contributed by atoms with Crippen LogP contribution in [0.3, 0.4) is 0 Å². The first-order valence-corrected chi connectivity index (χ1v) is 7.98. The molecule has 2 rings (SSSR count). The number of amides is 2. The zero-order chi connectivity index (χ0) is 17.5. The van der Waals surface area contributed by atoms with E-state index in [0.29, 0.717) is 50.3 Å². The molecular formula is C17H21FN4O2. The highest BCUT2D eigenvalue weighted by molar-refractivity contribution is 5.79. The zero-order valence-corrected chi connectivity index (χ0v) is 13.6. The Morgan fingerprint density at radius 3 is 2.54 bits per heavy atom. The van der Waals surface area contributed by atoms with Crippen LogP contribution in [0.15, 0.2) is 18.2 Å². The van der Waals surface area contributed by atoms with Crippen LogP contribution in [-0.4, -0.2) is 38.0 Å². The number of benzene rings is 1. The third-order valence-electron chi connectivity index (χ3n) is 4.08. The molecule has 1 heterocycles. The summed E-state index contributed by atoms with van der Waals surface area (Å²) in [7, 11) is 0. The summed E-state index contributed by atoms with van der Waals surface area (Å²) < 4.78 is 14.0. The van der Waals surface area contributed by atoms with Gasteiger partial charge >= 0.3 is 0 Å². The first kappa shape index (κ1) is 17.7. The maximum absolute atomic E-state index is 14.0. The number of carbonyl (C=O) groups excluding carboxylic acids is 2. The van der Waals surface area contributed by atoms with Crippen LogP contribution in [0.4, 0.5) is 10.1 Å². The van der Waals surface area contributed by atoms with Crippen LogP contribution < -0.4 is 15.5 Å². The molecule has 0 atom stereocenters. The van der Waals surface area contributed by atoms with Gasteiger partial charge in [0.15, 0.2) is 0 Å². The highest BCUT2D eigenvalue weighted by Crippen LogP contribution is 2.26. The molecule has 1 aliphatic rings. The summed E-state index contributed by atoms with van der Waals surface area (Å²) in [5.41, 5.74) is 0.767. The predicted molar refractivity (Wildman–Crippen MR) is 87.7 cm³/mol. The number of halogens is 1. The monoisotopic (exact) mass is 332 g/mol. The summed E-state index contributed by atoms with van der Waals surface area (Å²) in [5, 5.41) is 14.2. The quantitative estimate of drug-likeness (QED) is 0.793. The lowest BCUT2D eigenvalue weighted by Gasteiger charge is -2.33. The number of hydrogen-bond donors (Lipinski definition) is 2. The third kappa shape index (κ3) is 4.69. The van der Waals surface area contributed by atoms with Crippen molar-refractivity contribution in [2.24, 2.45) is 5.92 Å². The van der Waals surface area contributed by atoms with Gasteiger partial charge in [-0.1, -0.05) is 0 Å². The summed E-state index contributed by atoms with van der Waals surface area (Å²) >= 11 is 0. The van der Waals surface area contributed by atoms with E-state index < -0.39 is 5.82 Å². The van der Waals surface area contributed by atoms with Crippen LogP contribution in [0, 0.1) is 23.1 Å². The highest BCUT2D eigenvalue weighted by atomic mass is 19.1. The Morgan fingerprint density at radius 2 is 1.96 bits per heavy atom. The standard InChI is InChI=1S/C17H21FN4O2/c1-12(23)20-6-7-21-17(24)14-4-8-22(9-5-14)16-3-2-13(11-19)10-15(16)18/h2-3,10,14H,4-9H2,1H3,(H,20,23)(H,21,24). The molecule has 0 saturated carbocycles. The lowest BCUT2D eigenvalue weighted by atomic mass is 9.95. The Bertz CT molecular complexity index is 648. The maximum atomic E-state index is 14.0. The Hall–Kier alpha value is -2.62. The van der Waals surface area contributed by atoms with Gasteiger partial charge in [0, 0.05) is 39.0 Å². The van der Waals surface area contributed by atoms with Gasteiger partial charge in [0.25, 0.3) is 0 Å². The molecule has 1 fully saturated rings. The number of nitrogens with one attached hydrogen (secondary N) is 2. The van der Waals surface area contributed by atoms with E-state index >= 15 is 0 Å². The number of rotatable bonds is 5. The minimum absolute atomic E-state index is 0.0275. The fourth-order valence-electron chi connectivity index (χ4n) is 2.78. The van der Waals surface area contributed by atoms with Crippen molar-refractivity contribution in [3.8, 4) is 6.07 Å². The Kier molecular flexibility index (Phi) is 6.13. The van der Waals surface area contributed by atoms with E-state index in [1.807, 2.05) is 11.0 Å². The normalized spacial score (nSPS) is 14.8. The van der Waals surface area contributed by atoms with Gasteiger partial charge in [-0.3, -0.25) is 9.59 Å². The fourth-order valence-corrected chi connectivity index (χ4v) is 2.78. The van der Waals surface area contributed by atoms with E-state index in [1.54, 1.807) is 12.1 Å². The molecule has 0 bridgehead atoms. The van der Waals surface area contributed by atoms with Gasteiger partial charge in [0.1, 0.15) is 5.82 Å². The van der Waals surface area contributed by atoms with Crippen molar-refractivity contribution < 1.29 is 14.0 Å². The molecule has 2 amide bonds. The second-order valence-corrected chi connectivity index (χ2v) is 5.81. The van der Waals surface area contributed by atoms with Crippen LogP contribution in [-0.2, 0) is 9.59 Å². The smallest absolute Gasteiger partial charge is 0.223 e. The van der Waals surface area contributed by atoms with Crippen molar-refractivity contribution in [3.05, 3.63) is 29.6 Å². The number of nitriles is 1.